The molecule has 78 valence electrons. The summed E-state index contributed by atoms with van der Waals surface area (Å²) >= 11 is 3.42. The molecule has 0 spiro atoms. The van der Waals surface area contributed by atoms with Gasteiger partial charge < -0.3 is 10.8 Å². The maximum atomic E-state index is 9.76. The summed E-state index contributed by atoms with van der Waals surface area (Å²) in [4.78, 5) is 0. The zero-order chi connectivity index (χ0) is 11.0. The van der Waals surface area contributed by atoms with Gasteiger partial charge in [0, 0.05) is 16.1 Å². The van der Waals surface area contributed by atoms with Gasteiger partial charge in [-0.2, -0.15) is 0 Å². The highest BCUT2D eigenvalue weighted by atomic mass is 79.9. The summed E-state index contributed by atoms with van der Waals surface area (Å²) in [6, 6.07) is 9.45. The molecular weight excluding hydrogens is 254 g/mol. The van der Waals surface area contributed by atoms with Crippen LogP contribution in [0.15, 0.2) is 34.8 Å². The second-order valence-corrected chi connectivity index (χ2v) is 4.61. The normalized spacial score (nSPS) is 13.0. The van der Waals surface area contributed by atoms with Crippen molar-refractivity contribution in [3.63, 3.8) is 0 Å². The van der Waals surface area contributed by atoms with E-state index in [1.807, 2.05) is 31.2 Å². The molecule has 0 radical (unpaired) electrons. The van der Waals surface area contributed by atoms with Gasteiger partial charge in [-0.15, -0.1) is 0 Å². The fraction of sp³-hybridized carbons (Fsp3) is 0.167. The molecule has 1 unspecified atom stereocenters. The highest BCUT2D eigenvalue weighted by Crippen LogP contribution is 2.29. The number of fused-ring (bicyclic) bond motifs is 1. The molecule has 15 heavy (non-hydrogen) atoms. The summed E-state index contributed by atoms with van der Waals surface area (Å²) < 4.78 is 1.02. The van der Waals surface area contributed by atoms with E-state index in [0.29, 0.717) is 0 Å². The standard InChI is InChI=1S/C12H12BrNO/c1-7(14)11-5-9-4-10(13)3-2-8(9)6-12(11)15/h2-7,15H,14H2,1H3. The van der Waals surface area contributed by atoms with Gasteiger partial charge in [-0.3, -0.25) is 0 Å². The number of phenols is 1. The van der Waals surface area contributed by atoms with Gasteiger partial charge in [-0.1, -0.05) is 22.0 Å². The molecule has 0 saturated heterocycles. The van der Waals surface area contributed by atoms with Crippen LogP contribution in [0, 0.1) is 0 Å². The maximum Gasteiger partial charge on any atom is 0.120 e. The number of benzene rings is 2. The Hall–Kier alpha value is -1.06. The number of rotatable bonds is 1. The zero-order valence-electron chi connectivity index (χ0n) is 8.37. The highest BCUT2D eigenvalue weighted by Gasteiger charge is 2.07. The van der Waals surface area contributed by atoms with Crippen LogP contribution in [0.1, 0.15) is 18.5 Å². The molecule has 1 atom stereocenters. The van der Waals surface area contributed by atoms with Gasteiger partial charge in [0.15, 0.2) is 0 Å². The van der Waals surface area contributed by atoms with Crippen molar-refractivity contribution in [2.75, 3.05) is 0 Å². The van der Waals surface area contributed by atoms with Gasteiger partial charge in [0.1, 0.15) is 5.75 Å². The number of nitrogens with two attached hydrogens (primary N) is 1. The first kappa shape index (κ1) is 10.5. The molecule has 3 N–H and O–H groups in total. The molecule has 0 heterocycles. The average molecular weight is 266 g/mol. The molecule has 0 aliphatic rings. The van der Waals surface area contributed by atoms with Crippen LogP contribution in [0.3, 0.4) is 0 Å². The fourth-order valence-corrected chi connectivity index (χ4v) is 2.02. The third kappa shape index (κ3) is 1.98. The van der Waals surface area contributed by atoms with Crippen LogP contribution in [0.2, 0.25) is 0 Å². The number of halogens is 1. The van der Waals surface area contributed by atoms with Gasteiger partial charge in [-0.25, -0.2) is 0 Å². The molecule has 0 aliphatic heterocycles. The van der Waals surface area contributed by atoms with Gasteiger partial charge >= 0.3 is 0 Å². The summed E-state index contributed by atoms with van der Waals surface area (Å²) in [7, 11) is 0. The lowest BCUT2D eigenvalue weighted by molar-refractivity contribution is 0.465. The third-order valence-electron chi connectivity index (χ3n) is 2.44. The quantitative estimate of drug-likeness (QED) is 0.831. The first-order valence-corrected chi connectivity index (χ1v) is 5.55. The number of hydrogen-bond acceptors (Lipinski definition) is 2. The van der Waals surface area contributed by atoms with E-state index < -0.39 is 0 Å². The predicted molar refractivity (Wildman–Crippen MR) is 65.9 cm³/mol. The van der Waals surface area contributed by atoms with Gasteiger partial charge in [-0.05, 0) is 42.0 Å². The number of aromatic hydroxyl groups is 1. The van der Waals surface area contributed by atoms with Crippen molar-refractivity contribution in [2.24, 2.45) is 5.73 Å². The Morgan fingerprint density at radius 3 is 2.60 bits per heavy atom. The smallest absolute Gasteiger partial charge is 0.120 e. The summed E-state index contributed by atoms with van der Waals surface area (Å²) in [5.74, 6) is 0.264. The second-order valence-electron chi connectivity index (χ2n) is 3.69. The molecule has 0 bridgehead atoms. The summed E-state index contributed by atoms with van der Waals surface area (Å²) in [5.41, 5.74) is 6.55. The first-order valence-electron chi connectivity index (χ1n) is 4.75. The van der Waals surface area contributed by atoms with E-state index in [-0.39, 0.29) is 11.8 Å². The van der Waals surface area contributed by atoms with E-state index in [1.54, 1.807) is 6.07 Å². The van der Waals surface area contributed by atoms with Crippen molar-refractivity contribution in [2.45, 2.75) is 13.0 Å². The second kappa shape index (κ2) is 3.83. The summed E-state index contributed by atoms with van der Waals surface area (Å²) in [6.45, 7) is 1.86. The molecule has 2 nitrogen and oxygen atoms in total. The van der Waals surface area contributed by atoms with E-state index in [2.05, 4.69) is 15.9 Å². The van der Waals surface area contributed by atoms with E-state index in [4.69, 9.17) is 5.73 Å². The number of phenolic OH excluding ortho intramolecular Hbond substituents is 1. The minimum Gasteiger partial charge on any atom is -0.508 e. The fourth-order valence-electron chi connectivity index (χ4n) is 1.64. The maximum absolute atomic E-state index is 9.76. The Balaban J connectivity index is 2.72. The molecule has 0 fully saturated rings. The Morgan fingerprint density at radius 1 is 1.20 bits per heavy atom. The van der Waals surface area contributed by atoms with Crippen molar-refractivity contribution in [3.05, 3.63) is 40.4 Å². The Labute approximate surface area is 96.8 Å². The van der Waals surface area contributed by atoms with Crippen LogP contribution in [0.5, 0.6) is 5.75 Å². The molecule has 0 amide bonds. The highest BCUT2D eigenvalue weighted by molar-refractivity contribution is 9.10. The zero-order valence-corrected chi connectivity index (χ0v) is 9.95. The molecule has 2 rings (SSSR count). The molecular formula is C12H12BrNO. The van der Waals surface area contributed by atoms with Gasteiger partial charge in [0.25, 0.3) is 0 Å². The van der Waals surface area contributed by atoms with Crippen LogP contribution in [0.4, 0.5) is 0 Å². The van der Waals surface area contributed by atoms with E-state index in [0.717, 1.165) is 20.8 Å². The van der Waals surface area contributed by atoms with Crippen LogP contribution in [-0.4, -0.2) is 5.11 Å². The average Bonchev–Trinajstić information content (AvgIpc) is 2.17. The Morgan fingerprint density at radius 2 is 1.93 bits per heavy atom. The van der Waals surface area contributed by atoms with E-state index in [1.165, 1.54) is 0 Å². The Kier molecular flexibility index (Phi) is 2.67. The minimum absolute atomic E-state index is 0.159. The van der Waals surface area contributed by atoms with Crippen molar-refractivity contribution in [3.8, 4) is 5.75 Å². The minimum atomic E-state index is -0.159. The molecule has 0 saturated carbocycles. The van der Waals surface area contributed by atoms with Crippen LogP contribution in [0.25, 0.3) is 10.8 Å². The third-order valence-corrected chi connectivity index (χ3v) is 2.93. The van der Waals surface area contributed by atoms with Crippen LogP contribution < -0.4 is 5.73 Å². The van der Waals surface area contributed by atoms with Gasteiger partial charge in [0.05, 0.1) is 0 Å². The van der Waals surface area contributed by atoms with Crippen molar-refractivity contribution < 1.29 is 5.11 Å². The molecule has 0 aromatic heterocycles. The van der Waals surface area contributed by atoms with Crippen molar-refractivity contribution in [1.82, 2.24) is 0 Å². The van der Waals surface area contributed by atoms with Gasteiger partial charge in [0.2, 0.25) is 0 Å². The first-order chi connectivity index (χ1) is 7.08. The molecule has 2 aromatic rings. The molecule has 2 aromatic carbocycles. The predicted octanol–water partition coefficient (Wildman–Crippen LogP) is 3.33. The molecule has 3 heteroatoms. The van der Waals surface area contributed by atoms with Crippen LogP contribution in [-0.2, 0) is 0 Å². The van der Waals surface area contributed by atoms with E-state index >= 15 is 0 Å². The molecule has 0 aliphatic carbocycles. The SMILES string of the molecule is CC(N)c1cc2cc(Br)ccc2cc1O. The van der Waals surface area contributed by atoms with Crippen molar-refractivity contribution in [1.29, 1.82) is 0 Å². The number of hydrogen-bond donors (Lipinski definition) is 2. The van der Waals surface area contributed by atoms with Crippen LogP contribution >= 0.6 is 15.9 Å². The Bertz CT molecular complexity index is 508. The topological polar surface area (TPSA) is 46.2 Å². The summed E-state index contributed by atoms with van der Waals surface area (Å²) in [5, 5.41) is 11.8. The largest absolute Gasteiger partial charge is 0.508 e. The lowest BCUT2D eigenvalue weighted by Gasteiger charge is -2.10. The summed E-state index contributed by atoms with van der Waals surface area (Å²) in [6.07, 6.45) is 0. The monoisotopic (exact) mass is 265 g/mol. The lowest BCUT2D eigenvalue weighted by atomic mass is 10.0. The van der Waals surface area contributed by atoms with Crippen molar-refractivity contribution >= 4 is 26.7 Å². The van der Waals surface area contributed by atoms with E-state index in [9.17, 15) is 5.11 Å². The lowest BCUT2D eigenvalue weighted by Crippen LogP contribution is -2.04.